The van der Waals surface area contributed by atoms with Crippen molar-refractivity contribution in [1.82, 2.24) is 10.2 Å². The third-order valence-corrected chi connectivity index (χ3v) is 3.90. The molecule has 0 saturated carbocycles. The highest BCUT2D eigenvalue weighted by atomic mass is 16.1. The summed E-state index contributed by atoms with van der Waals surface area (Å²) >= 11 is 0. The lowest BCUT2D eigenvalue weighted by Gasteiger charge is -2.30. The molecule has 19 heavy (non-hydrogen) atoms. The first kappa shape index (κ1) is 14.1. The van der Waals surface area contributed by atoms with Crippen LogP contribution in [0.2, 0.25) is 0 Å². The zero-order valence-corrected chi connectivity index (χ0v) is 11.9. The van der Waals surface area contributed by atoms with Crippen LogP contribution in [0.25, 0.3) is 0 Å². The Morgan fingerprint density at radius 1 is 1.32 bits per heavy atom. The molecule has 1 saturated heterocycles. The topological polar surface area (TPSA) is 32.3 Å². The van der Waals surface area contributed by atoms with Crippen LogP contribution >= 0.6 is 0 Å². The number of amides is 1. The highest BCUT2D eigenvalue weighted by Crippen LogP contribution is 2.12. The van der Waals surface area contributed by atoms with Crippen molar-refractivity contribution in [2.75, 3.05) is 20.1 Å². The molecule has 3 heteroatoms. The second-order valence-corrected chi connectivity index (χ2v) is 5.68. The number of hydrogen-bond donors (Lipinski definition) is 1. The van der Waals surface area contributed by atoms with E-state index in [-0.39, 0.29) is 11.8 Å². The summed E-state index contributed by atoms with van der Waals surface area (Å²) in [4.78, 5) is 14.5. The number of benzene rings is 1. The minimum absolute atomic E-state index is 0.0436. The van der Waals surface area contributed by atoms with Crippen LogP contribution in [0.15, 0.2) is 30.3 Å². The highest BCUT2D eigenvalue weighted by Gasteiger charge is 2.21. The lowest BCUT2D eigenvalue weighted by Crippen LogP contribution is -2.45. The number of nitrogens with one attached hydrogen (secondary N) is 1. The molecule has 1 N–H and O–H groups in total. The predicted octanol–water partition coefficient (Wildman–Crippen LogP) is 2.08. The molecule has 1 atom stereocenters. The smallest absolute Gasteiger partial charge is 0.223 e. The van der Waals surface area contributed by atoms with E-state index in [9.17, 15) is 4.79 Å². The van der Waals surface area contributed by atoms with Gasteiger partial charge in [0.1, 0.15) is 0 Å². The molecule has 1 aromatic rings. The lowest BCUT2D eigenvalue weighted by molar-refractivity contribution is -0.125. The summed E-state index contributed by atoms with van der Waals surface area (Å²) in [5, 5.41) is 3.19. The second kappa shape index (κ2) is 6.71. The van der Waals surface area contributed by atoms with Crippen LogP contribution in [0, 0.1) is 5.92 Å². The standard InChI is InChI=1S/C16H24N2O/c1-13(12-14-6-4-3-5-7-14)16(19)17-15-8-10-18(2)11-9-15/h3-7,13,15H,8-12H2,1-2H3,(H,17,19). The average molecular weight is 260 g/mol. The largest absolute Gasteiger partial charge is 0.353 e. The number of rotatable bonds is 4. The van der Waals surface area contributed by atoms with E-state index in [0.717, 1.165) is 32.4 Å². The molecular formula is C16H24N2O. The van der Waals surface area contributed by atoms with Crippen molar-refractivity contribution in [3.8, 4) is 0 Å². The maximum atomic E-state index is 12.2. The fourth-order valence-electron chi connectivity index (χ4n) is 2.56. The van der Waals surface area contributed by atoms with Gasteiger partial charge in [0.25, 0.3) is 0 Å². The van der Waals surface area contributed by atoms with Gasteiger partial charge in [-0.25, -0.2) is 0 Å². The first-order chi connectivity index (χ1) is 9.15. The van der Waals surface area contributed by atoms with Crippen molar-refractivity contribution in [3.63, 3.8) is 0 Å². The van der Waals surface area contributed by atoms with Gasteiger partial charge in [0.05, 0.1) is 0 Å². The molecule has 1 unspecified atom stereocenters. The van der Waals surface area contributed by atoms with Gasteiger partial charge < -0.3 is 10.2 Å². The van der Waals surface area contributed by atoms with Crippen LogP contribution in [0.4, 0.5) is 0 Å². The van der Waals surface area contributed by atoms with Gasteiger partial charge in [-0.05, 0) is 45.0 Å². The lowest BCUT2D eigenvalue weighted by atomic mass is 9.99. The number of carbonyl (C=O) groups excluding carboxylic acids is 1. The molecular weight excluding hydrogens is 236 g/mol. The highest BCUT2D eigenvalue weighted by molar-refractivity contribution is 5.78. The molecule has 2 rings (SSSR count). The first-order valence-corrected chi connectivity index (χ1v) is 7.18. The number of piperidine rings is 1. The SMILES string of the molecule is CC(Cc1ccccc1)C(=O)NC1CCN(C)CC1. The van der Waals surface area contributed by atoms with E-state index in [4.69, 9.17) is 0 Å². The monoisotopic (exact) mass is 260 g/mol. The van der Waals surface area contributed by atoms with E-state index in [2.05, 4.69) is 29.4 Å². The van der Waals surface area contributed by atoms with Crippen LogP contribution in [0.1, 0.15) is 25.3 Å². The average Bonchev–Trinajstić information content (AvgIpc) is 2.42. The van der Waals surface area contributed by atoms with Crippen LogP contribution in [-0.2, 0) is 11.2 Å². The van der Waals surface area contributed by atoms with Crippen molar-refractivity contribution < 1.29 is 4.79 Å². The maximum Gasteiger partial charge on any atom is 0.223 e. The van der Waals surface area contributed by atoms with Crippen molar-refractivity contribution in [2.24, 2.45) is 5.92 Å². The molecule has 0 aliphatic carbocycles. The van der Waals surface area contributed by atoms with Crippen molar-refractivity contribution in [3.05, 3.63) is 35.9 Å². The summed E-state index contributed by atoms with van der Waals surface area (Å²) in [5.74, 6) is 0.237. The Hall–Kier alpha value is -1.35. The number of nitrogens with zero attached hydrogens (tertiary/aromatic N) is 1. The molecule has 0 radical (unpaired) electrons. The Morgan fingerprint density at radius 2 is 1.95 bits per heavy atom. The third kappa shape index (κ3) is 4.35. The summed E-state index contributed by atoms with van der Waals surface area (Å²) in [6.07, 6.45) is 2.96. The van der Waals surface area contributed by atoms with Gasteiger partial charge >= 0.3 is 0 Å². The van der Waals surface area contributed by atoms with Gasteiger partial charge in [-0.3, -0.25) is 4.79 Å². The number of carbonyl (C=O) groups is 1. The van der Waals surface area contributed by atoms with Gasteiger partial charge in [0, 0.05) is 12.0 Å². The molecule has 0 aromatic heterocycles. The van der Waals surface area contributed by atoms with Gasteiger partial charge in [0.2, 0.25) is 5.91 Å². The quantitative estimate of drug-likeness (QED) is 0.899. The Labute approximate surface area is 116 Å². The van der Waals surface area contributed by atoms with Gasteiger partial charge in [-0.15, -0.1) is 0 Å². The molecule has 1 fully saturated rings. The van der Waals surface area contributed by atoms with Crippen molar-refractivity contribution in [2.45, 2.75) is 32.2 Å². The molecule has 1 heterocycles. The van der Waals surface area contributed by atoms with E-state index in [1.165, 1.54) is 5.56 Å². The Kier molecular flexibility index (Phi) is 4.97. The van der Waals surface area contributed by atoms with Gasteiger partial charge in [-0.2, -0.15) is 0 Å². The van der Waals surface area contributed by atoms with Crippen molar-refractivity contribution in [1.29, 1.82) is 0 Å². The molecule has 0 spiro atoms. The van der Waals surface area contributed by atoms with E-state index in [1.807, 2.05) is 25.1 Å². The van der Waals surface area contributed by atoms with Gasteiger partial charge in [-0.1, -0.05) is 37.3 Å². The fraction of sp³-hybridized carbons (Fsp3) is 0.562. The van der Waals surface area contributed by atoms with Crippen molar-refractivity contribution >= 4 is 5.91 Å². The van der Waals surface area contributed by atoms with Crippen LogP contribution in [0.5, 0.6) is 0 Å². The summed E-state index contributed by atoms with van der Waals surface area (Å²) < 4.78 is 0. The Bertz CT molecular complexity index is 396. The van der Waals surface area contributed by atoms with E-state index in [1.54, 1.807) is 0 Å². The maximum absolute atomic E-state index is 12.2. The van der Waals surface area contributed by atoms with E-state index in [0.29, 0.717) is 6.04 Å². The summed E-state index contributed by atoms with van der Waals surface area (Å²) in [5.41, 5.74) is 1.23. The molecule has 1 amide bonds. The predicted molar refractivity (Wildman–Crippen MR) is 78.0 cm³/mol. The van der Waals surface area contributed by atoms with Gasteiger partial charge in [0.15, 0.2) is 0 Å². The Balaban J connectivity index is 1.79. The molecule has 3 nitrogen and oxygen atoms in total. The zero-order valence-electron chi connectivity index (χ0n) is 11.9. The molecule has 104 valence electrons. The normalized spacial score (nSPS) is 19.1. The van der Waals surface area contributed by atoms with Crippen LogP contribution in [0.3, 0.4) is 0 Å². The number of hydrogen-bond acceptors (Lipinski definition) is 2. The zero-order chi connectivity index (χ0) is 13.7. The van der Waals surface area contributed by atoms with E-state index < -0.39 is 0 Å². The summed E-state index contributed by atoms with van der Waals surface area (Å²) in [7, 11) is 2.13. The minimum Gasteiger partial charge on any atom is -0.353 e. The van der Waals surface area contributed by atoms with Crippen LogP contribution < -0.4 is 5.32 Å². The Morgan fingerprint density at radius 3 is 2.58 bits per heavy atom. The molecule has 1 aliphatic heterocycles. The minimum atomic E-state index is 0.0436. The summed E-state index contributed by atoms with van der Waals surface area (Å²) in [6, 6.07) is 10.6. The molecule has 1 aliphatic rings. The molecule has 0 bridgehead atoms. The number of likely N-dealkylation sites (tertiary alicyclic amines) is 1. The molecule has 1 aromatic carbocycles. The third-order valence-electron chi connectivity index (χ3n) is 3.90. The van der Waals surface area contributed by atoms with Crippen LogP contribution in [-0.4, -0.2) is 37.0 Å². The van der Waals surface area contributed by atoms with E-state index >= 15 is 0 Å². The first-order valence-electron chi connectivity index (χ1n) is 7.18. The second-order valence-electron chi connectivity index (χ2n) is 5.68. The summed E-state index contributed by atoms with van der Waals surface area (Å²) in [6.45, 7) is 4.17. The fourth-order valence-corrected chi connectivity index (χ4v) is 2.56.